The van der Waals surface area contributed by atoms with Crippen molar-refractivity contribution < 1.29 is 22.7 Å². The lowest BCUT2D eigenvalue weighted by atomic mass is 9.75. The van der Waals surface area contributed by atoms with Crippen molar-refractivity contribution in [1.29, 1.82) is 0 Å². The van der Waals surface area contributed by atoms with Crippen molar-refractivity contribution in [3.8, 4) is 5.75 Å². The SMILES string of the molecule is C[C@H](CC1CCC(c2ccc(C(=O)Oc3cc(F)c(F)c(F)c3)cc2)CC1)c1ccccc1. The molecule has 0 N–H and O–H groups in total. The maximum Gasteiger partial charge on any atom is 0.343 e. The minimum Gasteiger partial charge on any atom is -0.423 e. The number of carbonyl (C=O) groups is 1. The summed E-state index contributed by atoms with van der Waals surface area (Å²) in [6, 6.07) is 19.1. The molecule has 0 radical (unpaired) electrons. The zero-order valence-electron chi connectivity index (χ0n) is 18.6. The Morgan fingerprint density at radius 1 is 0.909 bits per heavy atom. The lowest BCUT2D eigenvalue weighted by Crippen LogP contribution is -2.15. The number of ether oxygens (including phenoxy) is 1. The van der Waals surface area contributed by atoms with E-state index in [-0.39, 0.29) is 11.3 Å². The number of benzene rings is 3. The van der Waals surface area contributed by atoms with Gasteiger partial charge in [0.15, 0.2) is 17.5 Å². The van der Waals surface area contributed by atoms with Gasteiger partial charge in [-0.2, -0.15) is 0 Å². The van der Waals surface area contributed by atoms with Crippen molar-refractivity contribution in [1.82, 2.24) is 0 Å². The van der Waals surface area contributed by atoms with Gasteiger partial charge in [0.25, 0.3) is 0 Å². The molecular weight excluding hydrogens is 425 g/mol. The van der Waals surface area contributed by atoms with Crippen LogP contribution in [0.4, 0.5) is 13.2 Å². The van der Waals surface area contributed by atoms with E-state index in [1.807, 2.05) is 12.1 Å². The molecule has 2 nitrogen and oxygen atoms in total. The molecule has 0 aliphatic heterocycles. The van der Waals surface area contributed by atoms with Gasteiger partial charge in [-0.25, -0.2) is 18.0 Å². The average Bonchev–Trinajstić information content (AvgIpc) is 2.83. The smallest absolute Gasteiger partial charge is 0.343 e. The van der Waals surface area contributed by atoms with Gasteiger partial charge >= 0.3 is 5.97 Å². The second kappa shape index (κ2) is 10.2. The molecule has 1 aliphatic rings. The quantitative estimate of drug-likeness (QED) is 0.217. The summed E-state index contributed by atoms with van der Waals surface area (Å²) >= 11 is 0. The van der Waals surface area contributed by atoms with Crippen LogP contribution in [0.15, 0.2) is 66.7 Å². The van der Waals surface area contributed by atoms with Crippen molar-refractivity contribution in [3.05, 3.63) is 101 Å². The predicted octanol–water partition coefficient (Wildman–Crippen LogP) is 7.79. The lowest BCUT2D eigenvalue weighted by molar-refractivity contribution is 0.0733. The van der Waals surface area contributed by atoms with Gasteiger partial charge in [0.05, 0.1) is 5.56 Å². The topological polar surface area (TPSA) is 26.3 Å². The molecule has 172 valence electrons. The zero-order chi connectivity index (χ0) is 23.4. The van der Waals surface area contributed by atoms with E-state index in [9.17, 15) is 18.0 Å². The molecule has 0 saturated heterocycles. The van der Waals surface area contributed by atoms with Gasteiger partial charge in [0, 0.05) is 12.1 Å². The largest absolute Gasteiger partial charge is 0.423 e. The number of rotatable bonds is 6. The van der Waals surface area contributed by atoms with Crippen molar-refractivity contribution in [3.63, 3.8) is 0 Å². The minimum absolute atomic E-state index is 0.272. The Bertz CT molecular complexity index is 1060. The third-order valence-corrected chi connectivity index (χ3v) is 6.69. The summed E-state index contributed by atoms with van der Waals surface area (Å²) in [6.45, 7) is 2.30. The van der Waals surface area contributed by atoms with Crippen LogP contribution in [-0.4, -0.2) is 5.97 Å². The van der Waals surface area contributed by atoms with E-state index in [4.69, 9.17) is 4.74 Å². The van der Waals surface area contributed by atoms with Gasteiger partial charge < -0.3 is 4.74 Å². The summed E-state index contributed by atoms with van der Waals surface area (Å²) in [5.41, 5.74) is 2.85. The highest BCUT2D eigenvalue weighted by molar-refractivity contribution is 5.91. The Labute approximate surface area is 192 Å². The number of halogens is 3. The molecule has 0 unspecified atom stereocenters. The summed E-state index contributed by atoms with van der Waals surface area (Å²) in [7, 11) is 0. The van der Waals surface area contributed by atoms with Crippen LogP contribution in [-0.2, 0) is 0 Å². The van der Waals surface area contributed by atoms with Crippen LogP contribution < -0.4 is 4.74 Å². The summed E-state index contributed by atoms with van der Waals surface area (Å²) < 4.78 is 44.7. The fourth-order valence-electron chi connectivity index (χ4n) is 4.80. The van der Waals surface area contributed by atoms with E-state index in [0.717, 1.165) is 18.8 Å². The Hall–Kier alpha value is -3.08. The van der Waals surface area contributed by atoms with Gasteiger partial charge in [0.2, 0.25) is 0 Å². The molecule has 3 aromatic rings. The average molecular weight is 453 g/mol. The van der Waals surface area contributed by atoms with Gasteiger partial charge in [-0.1, -0.05) is 49.4 Å². The van der Waals surface area contributed by atoms with Crippen LogP contribution in [0, 0.1) is 23.4 Å². The molecule has 0 spiro atoms. The van der Waals surface area contributed by atoms with Gasteiger partial charge in [-0.3, -0.25) is 0 Å². The fourth-order valence-corrected chi connectivity index (χ4v) is 4.80. The zero-order valence-corrected chi connectivity index (χ0v) is 18.6. The Morgan fingerprint density at radius 3 is 2.12 bits per heavy atom. The van der Waals surface area contributed by atoms with Crippen LogP contribution in [0.3, 0.4) is 0 Å². The lowest BCUT2D eigenvalue weighted by Gasteiger charge is -2.30. The van der Waals surface area contributed by atoms with E-state index in [0.29, 0.717) is 24.0 Å². The van der Waals surface area contributed by atoms with E-state index >= 15 is 0 Å². The highest BCUT2D eigenvalue weighted by Crippen LogP contribution is 2.39. The van der Waals surface area contributed by atoms with E-state index in [1.54, 1.807) is 12.1 Å². The van der Waals surface area contributed by atoms with Gasteiger partial charge in [0.1, 0.15) is 5.75 Å². The van der Waals surface area contributed by atoms with Crippen LogP contribution in [0.1, 0.15) is 72.3 Å². The van der Waals surface area contributed by atoms with Crippen molar-refractivity contribution in [2.24, 2.45) is 5.92 Å². The van der Waals surface area contributed by atoms with Crippen molar-refractivity contribution >= 4 is 5.97 Å². The van der Waals surface area contributed by atoms with Gasteiger partial charge in [-0.15, -0.1) is 0 Å². The molecule has 1 fully saturated rings. The Balaban J connectivity index is 1.31. The number of hydrogen-bond acceptors (Lipinski definition) is 2. The van der Waals surface area contributed by atoms with Crippen molar-refractivity contribution in [2.45, 2.75) is 50.9 Å². The number of hydrogen-bond donors (Lipinski definition) is 0. The third-order valence-electron chi connectivity index (χ3n) is 6.69. The molecule has 1 atom stereocenters. The van der Waals surface area contributed by atoms with E-state index < -0.39 is 23.4 Å². The third kappa shape index (κ3) is 5.65. The Morgan fingerprint density at radius 2 is 1.52 bits per heavy atom. The van der Waals surface area contributed by atoms with Crippen LogP contribution in [0.5, 0.6) is 5.75 Å². The van der Waals surface area contributed by atoms with Crippen LogP contribution in [0.2, 0.25) is 0 Å². The predicted molar refractivity (Wildman–Crippen MR) is 122 cm³/mol. The molecule has 1 saturated carbocycles. The molecule has 3 aromatic carbocycles. The second-order valence-corrected chi connectivity index (χ2v) is 8.98. The number of carbonyl (C=O) groups excluding carboxylic acids is 1. The van der Waals surface area contributed by atoms with Crippen LogP contribution in [0.25, 0.3) is 0 Å². The van der Waals surface area contributed by atoms with E-state index in [2.05, 4.69) is 37.3 Å². The molecule has 0 amide bonds. The summed E-state index contributed by atoms with van der Waals surface area (Å²) in [5.74, 6) is -3.77. The molecule has 0 bridgehead atoms. The first-order chi connectivity index (χ1) is 15.9. The summed E-state index contributed by atoms with van der Waals surface area (Å²) in [4.78, 5) is 12.3. The first-order valence-electron chi connectivity index (χ1n) is 11.4. The van der Waals surface area contributed by atoms with E-state index in [1.165, 1.54) is 30.4 Å². The second-order valence-electron chi connectivity index (χ2n) is 8.98. The monoisotopic (exact) mass is 452 g/mol. The first kappa shape index (κ1) is 23.1. The molecule has 4 rings (SSSR count). The Kier molecular flexibility index (Phi) is 7.17. The maximum atomic E-state index is 13.3. The highest BCUT2D eigenvalue weighted by Gasteiger charge is 2.24. The molecule has 33 heavy (non-hydrogen) atoms. The molecule has 1 aliphatic carbocycles. The standard InChI is InChI=1S/C28H27F3O2/c1-18(20-5-3-2-4-6-20)15-19-7-9-21(10-8-19)22-11-13-23(14-12-22)28(32)33-24-16-25(29)27(31)26(30)17-24/h2-6,11-14,16-19,21H,7-10,15H2,1H3/t18-,19?,21?/m1/s1. The highest BCUT2D eigenvalue weighted by atomic mass is 19.2. The van der Waals surface area contributed by atoms with Crippen molar-refractivity contribution in [2.75, 3.05) is 0 Å². The summed E-state index contributed by atoms with van der Waals surface area (Å²) in [6.07, 6.45) is 5.81. The normalized spacial score (nSPS) is 19.2. The maximum absolute atomic E-state index is 13.3. The van der Waals surface area contributed by atoms with Crippen LogP contribution >= 0.6 is 0 Å². The number of esters is 1. The molecule has 5 heteroatoms. The molecular formula is C28H27F3O2. The fraction of sp³-hybridized carbons (Fsp3) is 0.321. The van der Waals surface area contributed by atoms with Gasteiger partial charge in [-0.05, 0) is 73.1 Å². The molecule has 0 aromatic heterocycles. The first-order valence-corrected chi connectivity index (χ1v) is 11.4. The molecule has 0 heterocycles. The summed E-state index contributed by atoms with van der Waals surface area (Å²) in [5, 5.41) is 0. The minimum atomic E-state index is -1.59.